The summed E-state index contributed by atoms with van der Waals surface area (Å²) in [7, 11) is 0. The number of carbonyl (C=O) groups excluding carboxylic acids is 1. The van der Waals surface area contributed by atoms with Crippen LogP contribution in [0.3, 0.4) is 0 Å². The van der Waals surface area contributed by atoms with E-state index in [0.717, 1.165) is 48.1 Å². The number of benzene rings is 2. The van der Waals surface area contributed by atoms with E-state index >= 15 is 0 Å². The van der Waals surface area contributed by atoms with E-state index in [1.807, 2.05) is 45.0 Å². The van der Waals surface area contributed by atoms with Crippen molar-refractivity contribution in [2.45, 2.75) is 71.1 Å². The van der Waals surface area contributed by atoms with Gasteiger partial charge in [0.05, 0.1) is 5.41 Å². The molecule has 1 saturated carbocycles. The maximum atomic E-state index is 13.3. The fourth-order valence-electron chi connectivity index (χ4n) is 5.68. The first-order valence-electron chi connectivity index (χ1n) is 12.8. The average Bonchev–Trinajstić information content (AvgIpc) is 2.87. The van der Waals surface area contributed by atoms with Crippen molar-refractivity contribution in [1.82, 2.24) is 4.98 Å². The van der Waals surface area contributed by atoms with Crippen molar-refractivity contribution in [2.75, 3.05) is 0 Å². The molecule has 0 amide bonds. The second-order valence-corrected chi connectivity index (χ2v) is 10.7. The third-order valence-corrected chi connectivity index (χ3v) is 8.33. The average molecular weight is 504 g/mol. The summed E-state index contributed by atoms with van der Waals surface area (Å²) in [6, 6.07) is 18.1. The first-order valence-corrected chi connectivity index (χ1v) is 13.2. The van der Waals surface area contributed by atoms with Crippen molar-refractivity contribution >= 4 is 23.4 Å². The fraction of sp³-hybridized carbons (Fsp3) is 0.387. The highest BCUT2D eigenvalue weighted by atomic mass is 35.5. The number of hydrogen-bond donors (Lipinski definition) is 1. The van der Waals surface area contributed by atoms with Gasteiger partial charge in [-0.3, -0.25) is 14.6 Å². The molecule has 1 aliphatic rings. The molecule has 1 aliphatic carbocycles. The summed E-state index contributed by atoms with van der Waals surface area (Å²) in [5, 5.41) is 10.4. The van der Waals surface area contributed by atoms with Gasteiger partial charge in [0.2, 0.25) is 0 Å². The molecule has 0 spiro atoms. The number of nitrogens with zero attached hydrogens (tertiary/aromatic N) is 1. The fourth-order valence-corrected chi connectivity index (χ4v) is 5.91. The van der Waals surface area contributed by atoms with Crippen molar-refractivity contribution in [2.24, 2.45) is 5.41 Å². The standard InChI is InChI=1S/C31H34ClNO3/c1-4-31(30(35)36)14-11-23(12-15-31)22-5-7-24(8-6-22)28(27-10-9-26(32)17-20(27)2)19-29(34)25-13-16-33-21(3)18-25/h5-10,13,16-18,23,28H,4,11-12,14-15,19H2,1-3H3,(H,35,36). The van der Waals surface area contributed by atoms with E-state index in [1.165, 1.54) is 5.56 Å². The van der Waals surface area contributed by atoms with Gasteiger partial charge in [0.25, 0.3) is 0 Å². The molecule has 4 nitrogen and oxygen atoms in total. The van der Waals surface area contributed by atoms with Crippen LogP contribution in [-0.4, -0.2) is 21.8 Å². The van der Waals surface area contributed by atoms with Crippen LogP contribution in [0.1, 0.15) is 95.6 Å². The van der Waals surface area contributed by atoms with E-state index in [9.17, 15) is 14.7 Å². The quantitative estimate of drug-likeness (QED) is 0.317. The third kappa shape index (κ3) is 5.54. The van der Waals surface area contributed by atoms with Gasteiger partial charge in [0, 0.05) is 34.8 Å². The van der Waals surface area contributed by atoms with Crippen molar-refractivity contribution < 1.29 is 14.7 Å². The Balaban J connectivity index is 1.59. The number of aliphatic carboxylic acids is 1. The molecule has 1 unspecified atom stereocenters. The molecule has 0 radical (unpaired) electrons. The van der Waals surface area contributed by atoms with Crippen molar-refractivity contribution in [1.29, 1.82) is 0 Å². The van der Waals surface area contributed by atoms with Crippen LogP contribution in [0.4, 0.5) is 0 Å². The minimum atomic E-state index is -0.658. The van der Waals surface area contributed by atoms with E-state index in [-0.39, 0.29) is 11.7 Å². The Morgan fingerprint density at radius 2 is 1.75 bits per heavy atom. The van der Waals surface area contributed by atoms with E-state index in [1.54, 1.807) is 12.3 Å². The van der Waals surface area contributed by atoms with E-state index in [0.29, 0.717) is 29.3 Å². The number of aryl methyl sites for hydroxylation is 2. The van der Waals surface area contributed by atoms with Gasteiger partial charge < -0.3 is 5.11 Å². The first-order chi connectivity index (χ1) is 17.2. The molecular formula is C31H34ClNO3. The van der Waals surface area contributed by atoms with E-state index < -0.39 is 11.4 Å². The topological polar surface area (TPSA) is 67.3 Å². The molecular weight excluding hydrogens is 470 g/mol. The predicted octanol–water partition coefficient (Wildman–Crippen LogP) is 7.90. The van der Waals surface area contributed by atoms with Crippen molar-refractivity contribution in [3.05, 3.63) is 99.3 Å². The van der Waals surface area contributed by atoms with E-state index in [2.05, 4.69) is 29.2 Å². The van der Waals surface area contributed by atoms with E-state index in [4.69, 9.17) is 11.6 Å². The molecule has 0 saturated heterocycles. The zero-order valence-electron chi connectivity index (χ0n) is 21.3. The van der Waals surface area contributed by atoms with Crippen molar-refractivity contribution in [3.8, 4) is 0 Å². The summed E-state index contributed by atoms with van der Waals surface area (Å²) >= 11 is 6.23. The predicted molar refractivity (Wildman–Crippen MR) is 144 cm³/mol. The Hall–Kier alpha value is -2.98. The van der Waals surface area contributed by atoms with Crippen LogP contribution in [0, 0.1) is 19.3 Å². The Kier molecular flexibility index (Phi) is 7.94. The monoisotopic (exact) mass is 503 g/mol. The first kappa shape index (κ1) is 26.1. The molecule has 1 fully saturated rings. The number of ketones is 1. The lowest BCUT2D eigenvalue weighted by Gasteiger charge is -2.36. The summed E-state index contributed by atoms with van der Waals surface area (Å²) in [5.41, 5.74) is 5.43. The van der Waals surface area contributed by atoms with Gasteiger partial charge in [0.1, 0.15) is 0 Å². The number of carboxylic acids is 1. The summed E-state index contributed by atoms with van der Waals surface area (Å²) in [4.78, 5) is 29.3. The number of Topliss-reactive ketones (excluding diaryl/α,β-unsaturated/α-hetero) is 1. The maximum Gasteiger partial charge on any atom is 0.309 e. The van der Waals surface area contributed by atoms with Crippen LogP contribution in [0.25, 0.3) is 0 Å². The molecule has 2 aromatic carbocycles. The summed E-state index contributed by atoms with van der Waals surface area (Å²) in [5.74, 6) is -0.298. The van der Waals surface area contributed by atoms with Crippen LogP contribution in [0.2, 0.25) is 5.02 Å². The third-order valence-electron chi connectivity index (χ3n) is 8.10. The van der Waals surface area contributed by atoms with Crippen LogP contribution < -0.4 is 0 Å². The molecule has 1 N–H and O–H groups in total. The lowest BCUT2D eigenvalue weighted by atomic mass is 9.67. The normalized spacial score (nSPS) is 20.6. The van der Waals surface area contributed by atoms with Crippen molar-refractivity contribution in [3.63, 3.8) is 0 Å². The second-order valence-electron chi connectivity index (χ2n) is 10.2. The summed E-state index contributed by atoms with van der Waals surface area (Å²) < 4.78 is 0. The number of pyridine rings is 1. The number of carboxylic acid groups (broad SMARTS) is 1. The smallest absolute Gasteiger partial charge is 0.309 e. The SMILES string of the molecule is CCC1(C(=O)O)CCC(c2ccc(C(CC(=O)c3ccnc(C)c3)c3ccc(Cl)cc3C)cc2)CC1. The number of aromatic nitrogens is 1. The zero-order chi connectivity index (χ0) is 25.9. The van der Waals surface area contributed by atoms with Crippen LogP contribution in [-0.2, 0) is 4.79 Å². The Morgan fingerprint density at radius 3 is 2.33 bits per heavy atom. The van der Waals surface area contributed by atoms with Crippen LogP contribution in [0.5, 0.6) is 0 Å². The number of halogens is 1. The molecule has 36 heavy (non-hydrogen) atoms. The summed E-state index contributed by atoms with van der Waals surface area (Å²) in [6.45, 7) is 5.91. The minimum Gasteiger partial charge on any atom is -0.481 e. The van der Waals surface area contributed by atoms with Crippen LogP contribution >= 0.6 is 11.6 Å². The maximum absolute atomic E-state index is 13.3. The highest BCUT2D eigenvalue weighted by Crippen LogP contribution is 2.45. The van der Waals surface area contributed by atoms with Gasteiger partial charge in [-0.25, -0.2) is 0 Å². The molecule has 4 rings (SSSR count). The van der Waals surface area contributed by atoms with Gasteiger partial charge in [-0.2, -0.15) is 0 Å². The van der Waals surface area contributed by atoms with Gasteiger partial charge >= 0.3 is 5.97 Å². The van der Waals surface area contributed by atoms with Gasteiger partial charge in [-0.05, 0) is 98.4 Å². The molecule has 1 atom stereocenters. The number of hydrogen-bond acceptors (Lipinski definition) is 3. The summed E-state index contributed by atoms with van der Waals surface area (Å²) in [6.07, 6.45) is 5.93. The largest absolute Gasteiger partial charge is 0.481 e. The molecule has 1 heterocycles. The Bertz CT molecular complexity index is 1240. The zero-order valence-corrected chi connectivity index (χ0v) is 22.0. The van der Waals surface area contributed by atoms with Crippen LogP contribution in [0.15, 0.2) is 60.8 Å². The minimum absolute atomic E-state index is 0.0841. The second kappa shape index (κ2) is 11.0. The lowest BCUT2D eigenvalue weighted by Crippen LogP contribution is -2.34. The molecule has 0 bridgehead atoms. The molecule has 1 aromatic heterocycles. The Labute approximate surface area is 218 Å². The molecule has 3 aromatic rings. The molecule has 0 aliphatic heterocycles. The number of carbonyl (C=O) groups is 2. The lowest BCUT2D eigenvalue weighted by molar-refractivity contribution is -0.151. The van der Waals surface area contributed by atoms with Gasteiger partial charge in [-0.15, -0.1) is 0 Å². The molecule has 5 heteroatoms. The highest BCUT2D eigenvalue weighted by Gasteiger charge is 2.40. The van der Waals surface area contributed by atoms with Gasteiger partial charge in [-0.1, -0.05) is 48.9 Å². The number of rotatable bonds is 8. The Morgan fingerprint density at radius 1 is 1.06 bits per heavy atom. The molecule has 188 valence electrons. The highest BCUT2D eigenvalue weighted by molar-refractivity contribution is 6.30. The van der Waals surface area contributed by atoms with Gasteiger partial charge in [0.15, 0.2) is 5.78 Å².